The molecule has 0 bridgehead atoms. The third kappa shape index (κ3) is 2.11. The molecule has 2 rings (SSSR count). The van der Waals surface area contributed by atoms with Crippen LogP contribution < -0.4 is 5.73 Å². The number of likely N-dealkylation sites (tertiary alicyclic amines) is 1. The van der Waals surface area contributed by atoms with Crippen molar-refractivity contribution in [1.29, 1.82) is 0 Å². The molecule has 13 heavy (non-hydrogen) atoms. The van der Waals surface area contributed by atoms with E-state index in [1.165, 1.54) is 18.5 Å². The summed E-state index contributed by atoms with van der Waals surface area (Å²) in [6.07, 6.45) is 4.79. The minimum atomic E-state index is 0.701. The van der Waals surface area contributed by atoms with Gasteiger partial charge in [0.2, 0.25) is 0 Å². The standard InChI is InChI=1S/C10H16N2O/c11-5-9-1-3-12(6-9)7-10-2-4-13-8-10/h2,4,8-9H,1,3,5-7,11H2. The molecule has 0 aromatic carbocycles. The SMILES string of the molecule is NCC1CCN(Cc2ccoc2)C1. The molecule has 1 unspecified atom stereocenters. The van der Waals surface area contributed by atoms with Crippen LogP contribution in [0, 0.1) is 5.92 Å². The van der Waals surface area contributed by atoms with Gasteiger partial charge in [-0.15, -0.1) is 0 Å². The second-order valence-electron chi connectivity index (χ2n) is 3.76. The van der Waals surface area contributed by atoms with Crippen molar-refractivity contribution in [3.8, 4) is 0 Å². The Balaban J connectivity index is 1.84. The number of hydrogen-bond donors (Lipinski definition) is 1. The Bertz CT molecular complexity index is 245. The van der Waals surface area contributed by atoms with E-state index in [4.69, 9.17) is 10.2 Å². The van der Waals surface area contributed by atoms with Gasteiger partial charge in [-0.1, -0.05) is 0 Å². The predicted octanol–water partition coefficient (Wildman–Crippen LogP) is 1.06. The van der Waals surface area contributed by atoms with Crippen molar-refractivity contribution in [1.82, 2.24) is 4.90 Å². The summed E-state index contributed by atoms with van der Waals surface area (Å²) in [6, 6.07) is 2.02. The topological polar surface area (TPSA) is 42.4 Å². The Morgan fingerprint density at radius 1 is 1.62 bits per heavy atom. The molecule has 0 amide bonds. The highest BCUT2D eigenvalue weighted by atomic mass is 16.3. The van der Waals surface area contributed by atoms with E-state index in [2.05, 4.69) is 4.90 Å². The van der Waals surface area contributed by atoms with Gasteiger partial charge in [-0.2, -0.15) is 0 Å². The van der Waals surface area contributed by atoms with Gasteiger partial charge in [0.05, 0.1) is 12.5 Å². The van der Waals surface area contributed by atoms with Crippen molar-refractivity contribution in [2.24, 2.45) is 11.7 Å². The second-order valence-corrected chi connectivity index (χ2v) is 3.76. The normalized spacial score (nSPS) is 23.9. The monoisotopic (exact) mass is 180 g/mol. The predicted molar refractivity (Wildman–Crippen MR) is 51.1 cm³/mol. The molecule has 1 aromatic heterocycles. The molecular formula is C10H16N2O. The molecule has 3 nitrogen and oxygen atoms in total. The smallest absolute Gasteiger partial charge is 0.0947 e. The fourth-order valence-electron chi connectivity index (χ4n) is 1.89. The number of rotatable bonds is 3. The lowest BCUT2D eigenvalue weighted by Crippen LogP contribution is -2.22. The van der Waals surface area contributed by atoms with Crippen LogP contribution in [-0.2, 0) is 6.54 Å². The van der Waals surface area contributed by atoms with Gasteiger partial charge in [0.25, 0.3) is 0 Å². The fraction of sp³-hybridized carbons (Fsp3) is 0.600. The molecule has 0 radical (unpaired) electrons. The first kappa shape index (κ1) is 8.78. The summed E-state index contributed by atoms with van der Waals surface area (Å²) in [5.41, 5.74) is 6.89. The van der Waals surface area contributed by atoms with E-state index in [1.807, 2.05) is 12.3 Å². The lowest BCUT2D eigenvalue weighted by atomic mass is 10.1. The zero-order valence-corrected chi connectivity index (χ0v) is 7.78. The van der Waals surface area contributed by atoms with Crippen molar-refractivity contribution in [3.05, 3.63) is 24.2 Å². The number of nitrogens with two attached hydrogens (primary N) is 1. The lowest BCUT2D eigenvalue weighted by Gasteiger charge is -2.13. The third-order valence-corrected chi connectivity index (χ3v) is 2.69. The van der Waals surface area contributed by atoms with Crippen molar-refractivity contribution in [2.45, 2.75) is 13.0 Å². The molecular weight excluding hydrogens is 164 g/mol. The van der Waals surface area contributed by atoms with E-state index in [0.717, 1.165) is 19.6 Å². The summed E-state index contributed by atoms with van der Waals surface area (Å²) in [5, 5.41) is 0. The van der Waals surface area contributed by atoms with Gasteiger partial charge >= 0.3 is 0 Å². The number of nitrogens with zero attached hydrogens (tertiary/aromatic N) is 1. The Kier molecular flexibility index (Phi) is 2.66. The van der Waals surface area contributed by atoms with Gasteiger partial charge in [-0.25, -0.2) is 0 Å². The van der Waals surface area contributed by atoms with Gasteiger partial charge in [-0.3, -0.25) is 4.90 Å². The average molecular weight is 180 g/mol. The summed E-state index contributed by atoms with van der Waals surface area (Å²) in [4.78, 5) is 2.43. The van der Waals surface area contributed by atoms with Gasteiger partial charge in [0.15, 0.2) is 0 Å². The van der Waals surface area contributed by atoms with Crippen LogP contribution in [0.3, 0.4) is 0 Å². The molecule has 2 N–H and O–H groups in total. The van der Waals surface area contributed by atoms with Gasteiger partial charge < -0.3 is 10.2 Å². The average Bonchev–Trinajstić information content (AvgIpc) is 2.76. The Morgan fingerprint density at radius 2 is 2.54 bits per heavy atom. The molecule has 0 spiro atoms. The van der Waals surface area contributed by atoms with Crippen LogP contribution in [0.4, 0.5) is 0 Å². The van der Waals surface area contributed by atoms with Crippen LogP contribution in [-0.4, -0.2) is 24.5 Å². The molecule has 72 valence electrons. The van der Waals surface area contributed by atoms with E-state index >= 15 is 0 Å². The molecule has 0 aliphatic carbocycles. The highest BCUT2D eigenvalue weighted by molar-refractivity contribution is 5.05. The van der Waals surface area contributed by atoms with E-state index in [9.17, 15) is 0 Å². The maximum atomic E-state index is 5.62. The van der Waals surface area contributed by atoms with Crippen LogP contribution in [0.2, 0.25) is 0 Å². The summed E-state index contributed by atoms with van der Waals surface area (Å²) in [7, 11) is 0. The minimum absolute atomic E-state index is 0.701. The van der Waals surface area contributed by atoms with Crippen molar-refractivity contribution in [3.63, 3.8) is 0 Å². The van der Waals surface area contributed by atoms with Crippen LogP contribution >= 0.6 is 0 Å². The number of hydrogen-bond acceptors (Lipinski definition) is 3. The van der Waals surface area contributed by atoms with Gasteiger partial charge in [0, 0.05) is 18.7 Å². The zero-order chi connectivity index (χ0) is 9.10. The molecule has 3 heteroatoms. The van der Waals surface area contributed by atoms with Gasteiger partial charge in [-0.05, 0) is 31.5 Å². The minimum Gasteiger partial charge on any atom is -0.472 e. The van der Waals surface area contributed by atoms with E-state index < -0.39 is 0 Å². The van der Waals surface area contributed by atoms with Crippen LogP contribution in [0.5, 0.6) is 0 Å². The summed E-state index contributed by atoms with van der Waals surface area (Å²) >= 11 is 0. The molecule has 1 aromatic rings. The lowest BCUT2D eigenvalue weighted by molar-refractivity contribution is 0.316. The number of furan rings is 1. The molecule has 1 atom stereocenters. The van der Waals surface area contributed by atoms with E-state index in [-0.39, 0.29) is 0 Å². The van der Waals surface area contributed by atoms with Crippen LogP contribution in [0.15, 0.2) is 23.0 Å². The largest absolute Gasteiger partial charge is 0.472 e. The zero-order valence-electron chi connectivity index (χ0n) is 7.78. The van der Waals surface area contributed by atoms with Gasteiger partial charge in [0.1, 0.15) is 0 Å². The Hall–Kier alpha value is -0.800. The summed E-state index contributed by atoms with van der Waals surface area (Å²) in [6.45, 7) is 4.14. The highest BCUT2D eigenvalue weighted by Crippen LogP contribution is 2.17. The third-order valence-electron chi connectivity index (χ3n) is 2.69. The molecule has 1 aliphatic heterocycles. The van der Waals surface area contributed by atoms with E-state index in [1.54, 1.807) is 6.26 Å². The van der Waals surface area contributed by atoms with Crippen LogP contribution in [0.1, 0.15) is 12.0 Å². The molecule has 0 saturated carbocycles. The molecule has 1 saturated heterocycles. The highest BCUT2D eigenvalue weighted by Gasteiger charge is 2.20. The van der Waals surface area contributed by atoms with Crippen molar-refractivity contribution < 1.29 is 4.42 Å². The Labute approximate surface area is 78.5 Å². The maximum absolute atomic E-state index is 5.62. The molecule has 1 aliphatic rings. The maximum Gasteiger partial charge on any atom is 0.0947 e. The molecule has 1 fully saturated rings. The van der Waals surface area contributed by atoms with E-state index in [0.29, 0.717) is 5.92 Å². The first-order valence-electron chi connectivity index (χ1n) is 4.82. The second kappa shape index (κ2) is 3.94. The Morgan fingerprint density at radius 3 is 3.15 bits per heavy atom. The first-order chi connectivity index (χ1) is 6.38. The summed E-state index contributed by atoms with van der Waals surface area (Å²) in [5.74, 6) is 0.701. The van der Waals surface area contributed by atoms with Crippen LogP contribution in [0.25, 0.3) is 0 Å². The van der Waals surface area contributed by atoms with Crippen molar-refractivity contribution in [2.75, 3.05) is 19.6 Å². The quantitative estimate of drug-likeness (QED) is 0.756. The molecule has 2 heterocycles. The van der Waals surface area contributed by atoms with Crippen molar-refractivity contribution >= 4 is 0 Å². The fourth-order valence-corrected chi connectivity index (χ4v) is 1.89. The first-order valence-corrected chi connectivity index (χ1v) is 4.82. The summed E-state index contributed by atoms with van der Waals surface area (Å²) < 4.78 is 5.03.